The highest BCUT2D eigenvalue weighted by atomic mass is 35.5. The summed E-state index contributed by atoms with van der Waals surface area (Å²) in [7, 11) is 0. The topological polar surface area (TPSA) is 68.3 Å². The largest absolute Gasteiger partial charge is 0.451 e. The number of benzene rings is 2. The molecule has 1 amide bonds. The van der Waals surface area contributed by atoms with Gasteiger partial charge in [0.2, 0.25) is 5.88 Å². The van der Waals surface area contributed by atoms with Crippen LogP contribution in [0.2, 0.25) is 5.02 Å². The molecule has 4 aromatic rings. The van der Waals surface area contributed by atoms with Gasteiger partial charge in [0.25, 0.3) is 5.91 Å². The van der Waals surface area contributed by atoms with Crippen molar-refractivity contribution in [1.29, 1.82) is 0 Å². The van der Waals surface area contributed by atoms with Gasteiger partial charge in [-0.1, -0.05) is 46.6 Å². The number of nitrogens with one attached hydrogen (secondary N) is 1. The van der Waals surface area contributed by atoms with E-state index in [4.69, 9.17) is 20.5 Å². The van der Waals surface area contributed by atoms with Crippen LogP contribution >= 0.6 is 11.6 Å². The van der Waals surface area contributed by atoms with Crippen LogP contribution in [0, 0.1) is 20.8 Å². The van der Waals surface area contributed by atoms with Crippen molar-refractivity contribution in [1.82, 2.24) is 5.16 Å². The number of rotatable bonds is 3. The van der Waals surface area contributed by atoms with E-state index in [9.17, 15) is 4.79 Å². The van der Waals surface area contributed by atoms with Crippen LogP contribution < -0.4 is 5.32 Å². The first-order valence-corrected chi connectivity index (χ1v) is 8.84. The summed E-state index contributed by atoms with van der Waals surface area (Å²) < 4.78 is 11.0. The van der Waals surface area contributed by atoms with Crippen molar-refractivity contribution in [2.75, 3.05) is 5.32 Å². The molecule has 0 fully saturated rings. The number of carbonyl (C=O) groups is 1. The fraction of sp³-hybridized carbons (Fsp3) is 0.143. The summed E-state index contributed by atoms with van der Waals surface area (Å²) in [5.41, 5.74) is 4.96. The maximum Gasteiger partial charge on any atom is 0.294 e. The number of anilines is 1. The molecule has 2 heterocycles. The number of fused-ring (bicyclic) bond motifs is 1. The lowest BCUT2D eigenvalue weighted by Gasteiger charge is -1.98. The molecule has 0 saturated heterocycles. The molecule has 6 heteroatoms. The molecule has 0 atom stereocenters. The van der Waals surface area contributed by atoms with Gasteiger partial charge in [0, 0.05) is 27.6 Å². The third-order valence-corrected chi connectivity index (χ3v) is 4.93. The molecule has 0 aliphatic carbocycles. The second-order valence-corrected chi connectivity index (χ2v) is 6.96. The number of aromatic nitrogens is 1. The Bertz CT molecular complexity index is 1160. The molecule has 4 rings (SSSR count). The number of hydrogen-bond acceptors (Lipinski definition) is 4. The van der Waals surface area contributed by atoms with Gasteiger partial charge in [-0.15, -0.1) is 0 Å². The highest BCUT2D eigenvalue weighted by Gasteiger charge is 2.20. The van der Waals surface area contributed by atoms with Crippen molar-refractivity contribution >= 4 is 34.4 Å². The SMILES string of the molecule is Cc1ccc(-c2cc(NC(=O)c3oc4cc(C)c(Cl)cc4c3C)on2)cc1. The summed E-state index contributed by atoms with van der Waals surface area (Å²) in [6, 6.07) is 13.2. The zero-order chi connectivity index (χ0) is 19.1. The van der Waals surface area contributed by atoms with Crippen molar-refractivity contribution < 1.29 is 13.7 Å². The van der Waals surface area contributed by atoms with Crippen LogP contribution in [0.25, 0.3) is 22.2 Å². The van der Waals surface area contributed by atoms with Crippen LogP contribution in [-0.2, 0) is 0 Å². The zero-order valence-corrected chi connectivity index (χ0v) is 15.8. The monoisotopic (exact) mass is 380 g/mol. The standard InChI is InChI=1S/C21H17ClN2O3/c1-11-4-6-14(7-5-11)17-10-19(27-24-17)23-21(25)20-13(3)15-9-16(22)12(2)8-18(15)26-20/h4-10H,1-3H3,(H,23,25). The molecule has 0 radical (unpaired) electrons. The highest BCUT2D eigenvalue weighted by Crippen LogP contribution is 2.31. The maximum absolute atomic E-state index is 12.6. The average molecular weight is 381 g/mol. The van der Waals surface area contributed by atoms with Crippen LogP contribution in [0.3, 0.4) is 0 Å². The summed E-state index contributed by atoms with van der Waals surface area (Å²) in [4.78, 5) is 12.6. The Kier molecular flexibility index (Phi) is 4.24. The summed E-state index contributed by atoms with van der Waals surface area (Å²) >= 11 is 6.18. The number of halogens is 1. The molecule has 0 spiro atoms. The van der Waals surface area contributed by atoms with Crippen molar-refractivity contribution in [2.24, 2.45) is 0 Å². The smallest absolute Gasteiger partial charge is 0.294 e. The normalized spacial score (nSPS) is 11.1. The van der Waals surface area contributed by atoms with Crippen LogP contribution in [0.1, 0.15) is 27.2 Å². The molecule has 5 nitrogen and oxygen atoms in total. The molecular weight excluding hydrogens is 364 g/mol. The minimum atomic E-state index is -0.399. The average Bonchev–Trinajstić information content (AvgIpc) is 3.22. The van der Waals surface area contributed by atoms with E-state index in [1.54, 1.807) is 6.07 Å². The summed E-state index contributed by atoms with van der Waals surface area (Å²) in [6.45, 7) is 5.73. The van der Waals surface area contributed by atoms with Gasteiger partial charge < -0.3 is 8.94 Å². The second-order valence-electron chi connectivity index (χ2n) is 6.55. The van der Waals surface area contributed by atoms with Gasteiger partial charge in [-0.3, -0.25) is 10.1 Å². The summed E-state index contributed by atoms with van der Waals surface area (Å²) in [5, 5.41) is 8.16. The third kappa shape index (κ3) is 3.22. The molecule has 0 saturated carbocycles. The van der Waals surface area contributed by atoms with Crippen LogP contribution in [0.4, 0.5) is 5.88 Å². The van der Waals surface area contributed by atoms with Crippen LogP contribution in [0.15, 0.2) is 51.4 Å². The van der Waals surface area contributed by atoms with Gasteiger partial charge in [0.15, 0.2) is 5.76 Å². The maximum atomic E-state index is 12.6. The number of nitrogens with zero attached hydrogens (tertiary/aromatic N) is 1. The molecular formula is C21H17ClN2O3. The first-order chi connectivity index (χ1) is 12.9. The predicted octanol–water partition coefficient (Wildman–Crippen LogP) is 5.92. The van der Waals surface area contributed by atoms with Gasteiger partial charge >= 0.3 is 0 Å². The molecule has 2 aromatic heterocycles. The van der Waals surface area contributed by atoms with E-state index < -0.39 is 5.91 Å². The van der Waals surface area contributed by atoms with Gasteiger partial charge in [0.05, 0.1) is 0 Å². The minimum Gasteiger partial charge on any atom is -0.451 e. The Hall–Kier alpha value is -3.05. The first-order valence-electron chi connectivity index (χ1n) is 8.47. The van der Waals surface area contributed by atoms with Crippen molar-refractivity contribution in [2.45, 2.75) is 20.8 Å². The molecule has 136 valence electrons. The number of furan rings is 1. The van der Waals surface area contributed by atoms with Gasteiger partial charge in [-0.2, -0.15) is 0 Å². The third-order valence-electron chi connectivity index (χ3n) is 4.52. The van der Waals surface area contributed by atoms with E-state index in [0.717, 1.165) is 27.6 Å². The molecule has 0 aliphatic heterocycles. The summed E-state index contributed by atoms with van der Waals surface area (Å²) in [6.07, 6.45) is 0. The molecule has 2 aromatic carbocycles. The Labute approximate surface area is 160 Å². The second kappa shape index (κ2) is 6.59. The zero-order valence-electron chi connectivity index (χ0n) is 15.1. The summed E-state index contributed by atoms with van der Waals surface area (Å²) in [5.74, 6) is 0.0775. The van der Waals surface area contributed by atoms with Crippen LogP contribution in [-0.4, -0.2) is 11.1 Å². The number of hydrogen-bond donors (Lipinski definition) is 1. The number of aryl methyl sites for hydroxylation is 3. The molecule has 0 unspecified atom stereocenters. The van der Waals surface area contributed by atoms with E-state index in [1.807, 2.05) is 57.2 Å². The predicted molar refractivity (Wildman–Crippen MR) is 105 cm³/mol. The quantitative estimate of drug-likeness (QED) is 0.479. The van der Waals surface area contributed by atoms with E-state index >= 15 is 0 Å². The van der Waals surface area contributed by atoms with E-state index in [-0.39, 0.29) is 11.6 Å². The Morgan fingerprint density at radius 1 is 1.07 bits per heavy atom. The van der Waals surface area contributed by atoms with Crippen LogP contribution in [0.5, 0.6) is 0 Å². The lowest BCUT2D eigenvalue weighted by Crippen LogP contribution is -2.11. The lowest BCUT2D eigenvalue weighted by molar-refractivity contribution is 0.0994. The Balaban J connectivity index is 1.60. The lowest BCUT2D eigenvalue weighted by atomic mass is 10.1. The Morgan fingerprint density at radius 2 is 1.81 bits per heavy atom. The fourth-order valence-electron chi connectivity index (χ4n) is 2.92. The number of carbonyl (C=O) groups excluding carboxylic acids is 1. The minimum absolute atomic E-state index is 0.222. The van der Waals surface area contributed by atoms with E-state index in [1.165, 1.54) is 0 Å². The molecule has 0 bridgehead atoms. The van der Waals surface area contributed by atoms with Gasteiger partial charge in [-0.25, -0.2) is 0 Å². The van der Waals surface area contributed by atoms with E-state index in [0.29, 0.717) is 16.3 Å². The molecule has 1 N–H and O–H groups in total. The fourth-order valence-corrected chi connectivity index (χ4v) is 3.08. The van der Waals surface area contributed by atoms with Crippen molar-refractivity contribution in [3.05, 3.63) is 69.9 Å². The van der Waals surface area contributed by atoms with Crippen molar-refractivity contribution in [3.8, 4) is 11.3 Å². The highest BCUT2D eigenvalue weighted by molar-refractivity contribution is 6.32. The first kappa shape index (κ1) is 17.4. The van der Waals surface area contributed by atoms with E-state index in [2.05, 4.69) is 10.5 Å². The Morgan fingerprint density at radius 3 is 2.56 bits per heavy atom. The molecule has 27 heavy (non-hydrogen) atoms. The number of amides is 1. The van der Waals surface area contributed by atoms with Gasteiger partial charge in [-0.05, 0) is 38.5 Å². The molecule has 0 aliphatic rings. The van der Waals surface area contributed by atoms with Gasteiger partial charge in [0.1, 0.15) is 11.3 Å². The van der Waals surface area contributed by atoms with Crippen molar-refractivity contribution in [3.63, 3.8) is 0 Å².